The molecular formula is C13H24N2O. The van der Waals surface area contributed by atoms with Crippen molar-refractivity contribution < 1.29 is 4.79 Å². The van der Waals surface area contributed by atoms with Crippen LogP contribution in [0.1, 0.15) is 39.0 Å². The second-order valence-electron chi connectivity index (χ2n) is 5.75. The first kappa shape index (κ1) is 11.9. The molecule has 0 bridgehead atoms. The Hall–Kier alpha value is -0.570. The van der Waals surface area contributed by atoms with Crippen LogP contribution in [-0.4, -0.2) is 30.4 Å². The molecule has 0 aromatic rings. The van der Waals surface area contributed by atoms with E-state index in [1.807, 2.05) is 11.9 Å². The van der Waals surface area contributed by atoms with Crippen LogP contribution >= 0.6 is 0 Å². The molecule has 0 aliphatic heterocycles. The van der Waals surface area contributed by atoms with Crippen LogP contribution in [0.25, 0.3) is 0 Å². The topological polar surface area (TPSA) is 46.3 Å². The summed E-state index contributed by atoms with van der Waals surface area (Å²) in [5.74, 6) is 1.93. The van der Waals surface area contributed by atoms with E-state index in [9.17, 15) is 4.79 Å². The Morgan fingerprint density at radius 1 is 1.38 bits per heavy atom. The van der Waals surface area contributed by atoms with Crippen molar-refractivity contribution >= 4 is 5.91 Å². The molecule has 2 aliphatic carbocycles. The maximum absolute atomic E-state index is 12.2. The lowest BCUT2D eigenvalue weighted by molar-refractivity contribution is -0.136. The van der Waals surface area contributed by atoms with Gasteiger partial charge in [-0.3, -0.25) is 4.79 Å². The van der Waals surface area contributed by atoms with Gasteiger partial charge in [-0.05, 0) is 31.1 Å². The van der Waals surface area contributed by atoms with Crippen LogP contribution in [0.15, 0.2) is 0 Å². The normalized spacial score (nSPS) is 38.2. The van der Waals surface area contributed by atoms with Gasteiger partial charge >= 0.3 is 0 Å². The first-order chi connectivity index (χ1) is 7.59. The first-order valence-electron chi connectivity index (χ1n) is 6.60. The summed E-state index contributed by atoms with van der Waals surface area (Å²) >= 11 is 0. The summed E-state index contributed by atoms with van der Waals surface area (Å²) in [6.07, 6.45) is 5.65. The van der Waals surface area contributed by atoms with E-state index < -0.39 is 0 Å². The van der Waals surface area contributed by atoms with Gasteiger partial charge in [0.05, 0.1) is 5.92 Å². The third-order valence-electron chi connectivity index (χ3n) is 4.30. The van der Waals surface area contributed by atoms with Gasteiger partial charge in [0.15, 0.2) is 0 Å². The zero-order valence-corrected chi connectivity index (χ0v) is 10.5. The molecule has 0 saturated heterocycles. The Morgan fingerprint density at radius 2 is 2.00 bits per heavy atom. The molecule has 2 N–H and O–H groups in total. The average Bonchev–Trinajstić information content (AvgIpc) is 2.94. The second-order valence-corrected chi connectivity index (χ2v) is 5.75. The van der Waals surface area contributed by atoms with Crippen LogP contribution in [0.4, 0.5) is 0 Å². The number of rotatable bonds is 3. The molecular weight excluding hydrogens is 200 g/mol. The smallest absolute Gasteiger partial charge is 0.226 e. The summed E-state index contributed by atoms with van der Waals surface area (Å²) in [7, 11) is 1.94. The second kappa shape index (κ2) is 4.74. The van der Waals surface area contributed by atoms with E-state index in [0.717, 1.165) is 37.6 Å². The van der Waals surface area contributed by atoms with E-state index in [2.05, 4.69) is 6.92 Å². The summed E-state index contributed by atoms with van der Waals surface area (Å²) < 4.78 is 0. The van der Waals surface area contributed by atoms with Crippen LogP contribution in [0.2, 0.25) is 0 Å². The predicted octanol–water partition coefficient (Wildman–Crippen LogP) is 1.62. The van der Waals surface area contributed by atoms with Gasteiger partial charge < -0.3 is 10.6 Å². The van der Waals surface area contributed by atoms with Crippen molar-refractivity contribution in [3.05, 3.63) is 0 Å². The molecule has 0 radical (unpaired) electrons. The molecule has 4 unspecified atom stereocenters. The summed E-state index contributed by atoms with van der Waals surface area (Å²) in [5.41, 5.74) is 6.04. The number of nitrogens with two attached hydrogens (primary N) is 1. The van der Waals surface area contributed by atoms with Crippen LogP contribution < -0.4 is 5.73 Å². The Bertz CT molecular complexity index is 267. The average molecular weight is 224 g/mol. The number of carbonyl (C=O) groups excluding carboxylic acids is 1. The highest BCUT2D eigenvalue weighted by Gasteiger charge is 2.36. The molecule has 1 amide bonds. The summed E-state index contributed by atoms with van der Waals surface area (Å²) in [6, 6.07) is 0.0975. The highest BCUT2D eigenvalue weighted by molar-refractivity contribution is 5.79. The summed E-state index contributed by atoms with van der Waals surface area (Å²) in [4.78, 5) is 14.1. The molecule has 0 heterocycles. The molecule has 2 rings (SSSR count). The molecule has 0 spiro atoms. The van der Waals surface area contributed by atoms with Crippen molar-refractivity contribution in [2.45, 2.75) is 45.1 Å². The third kappa shape index (κ3) is 2.57. The number of nitrogens with zero attached hydrogens (tertiary/aromatic N) is 1. The van der Waals surface area contributed by atoms with E-state index in [1.165, 1.54) is 12.8 Å². The molecule has 92 valence electrons. The summed E-state index contributed by atoms with van der Waals surface area (Å²) in [6.45, 7) is 3.19. The molecule has 2 fully saturated rings. The first-order valence-corrected chi connectivity index (χ1v) is 6.60. The zero-order chi connectivity index (χ0) is 11.7. The SMILES string of the molecule is CC1CC1CN(C)C(=O)C1CCCCC1N. The number of hydrogen-bond donors (Lipinski definition) is 1. The lowest BCUT2D eigenvalue weighted by atomic mass is 9.84. The molecule has 4 atom stereocenters. The van der Waals surface area contributed by atoms with Gasteiger partial charge in [-0.25, -0.2) is 0 Å². The zero-order valence-electron chi connectivity index (χ0n) is 10.5. The largest absolute Gasteiger partial charge is 0.345 e. The van der Waals surface area contributed by atoms with Crippen molar-refractivity contribution in [3.8, 4) is 0 Å². The van der Waals surface area contributed by atoms with E-state index in [0.29, 0.717) is 0 Å². The highest BCUT2D eigenvalue weighted by atomic mass is 16.2. The van der Waals surface area contributed by atoms with Crippen molar-refractivity contribution in [3.63, 3.8) is 0 Å². The van der Waals surface area contributed by atoms with Gasteiger partial charge in [-0.1, -0.05) is 19.8 Å². The maximum Gasteiger partial charge on any atom is 0.226 e. The van der Waals surface area contributed by atoms with Gasteiger partial charge in [0.25, 0.3) is 0 Å². The van der Waals surface area contributed by atoms with Gasteiger partial charge in [0, 0.05) is 19.6 Å². The van der Waals surface area contributed by atoms with Gasteiger partial charge in [0.1, 0.15) is 0 Å². The Morgan fingerprint density at radius 3 is 2.56 bits per heavy atom. The van der Waals surface area contributed by atoms with Crippen LogP contribution in [0, 0.1) is 17.8 Å². The minimum Gasteiger partial charge on any atom is -0.345 e. The van der Waals surface area contributed by atoms with E-state index in [1.54, 1.807) is 0 Å². The fraction of sp³-hybridized carbons (Fsp3) is 0.923. The lowest BCUT2D eigenvalue weighted by Gasteiger charge is -2.31. The minimum absolute atomic E-state index is 0.0906. The van der Waals surface area contributed by atoms with Gasteiger partial charge in [-0.15, -0.1) is 0 Å². The predicted molar refractivity (Wildman–Crippen MR) is 64.8 cm³/mol. The van der Waals surface area contributed by atoms with E-state index >= 15 is 0 Å². The fourth-order valence-electron chi connectivity index (χ4n) is 2.84. The van der Waals surface area contributed by atoms with Crippen molar-refractivity contribution in [1.29, 1.82) is 0 Å². The summed E-state index contributed by atoms with van der Waals surface area (Å²) in [5, 5.41) is 0. The van der Waals surface area contributed by atoms with Crippen LogP contribution in [0.5, 0.6) is 0 Å². The van der Waals surface area contributed by atoms with Crippen molar-refractivity contribution in [1.82, 2.24) is 4.90 Å². The lowest BCUT2D eigenvalue weighted by Crippen LogP contribution is -2.45. The number of carbonyl (C=O) groups is 1. The monoisotopic (exact) mass is 224 g/mol. The highest BCUT2D eigenvalue weighted by Crippen LogP contribution is 2.38. The van der Waals surface area contributed by atoms with Crippen molar-refractivity contribution in [2.24, 2.45) is 23.5 Å². The van der Waals surface area contributed by atoms with Crippen LogP contribution in [-0.2, 0) is 4.79 Å². The quantitative estimate of drug-likeness (QED) is 0.792. The molecule has 16 heavy (non-hydrogen) atoms. The molecule has 2 aliphatic rings. The van der Waals surface area contributed by atoms with Crippen molar-refractivity contribution in [2.75, 3.05) is 13.6 Å². The van der Waals surface area contributed by atoms with Crippen LogP contribution in [0.3, 0.4) is 0 Å². The number of hydrogen-bond acceptors (Lipinski definition) is 2. The fourth-order valence-corrected chi connectivity index (χ4v) is 2.84. The Balaban J connectivity index is 1.84. The minimum atomic E-state index is 0.0906. The maximum atomic E-state index is 12.2. The number of amides is 1. The van der Waals surface area contributed by atoms with E-state index in [4.69, 9.17) is 5.73 Å². The Labute approximate surface area is 98.4 Å². The molecule has 0 aromatic heterocycles. The molecule has 2 saturated carbocycles. The van der Waals surface area contributed by atoms with E-state index in [-0.39, 0.29) is 17.9 Å². The molecule has 0 aromatic carbocycles. The Kier molecular flexibility index (Phi) is 3.53. The van der Waals surface area contributed by atoms with Gasteiger partial charge in [0.2, 0.25) is 5.91 Å². The third-order valence-corrected chi connectivity index (χ3v) is 4.30. The van der Waals surface area contributed by atoms with Gasteiger partial charge in [-0.2, -0.15) is 0 Å². The molecule has 3 heteroatoms. The molecule has 3 nitrogen and oxygen atoms in total. The standard InChI is InChI=1S/C13H24N2O/c1-9-7-10(9)8-15(2)13(16)11-5-3-4-6-12(11)14/h9-12H,3-8,14H2,1-2H3.